The Hall–Kier alpha value is -4.31. The van der Waals surface area contributed by atoms with Gasteiger partial charge in [-0.1, -0.05) is 59.8 Å². The van der Waals surface area contributed by atoms with Gasteiger partial charge in [0.2, 0.25) is 5.75 Å². The van der Waals surface area contributed by atoms with E-state index in [1.807, 2.05) is 78.2 Å². The normalized spacial score (nSPS) is 10.9. The summed E-state index contributed by atoms with van der Waals surface area (Å²) in [5.41, 5.74) is 6.18. The number of benzene rings is 3. The Morgan fingerprint density at radius 1 is 0.973 bits per heavy atom. The van der Waals surface area contributed by atoms with Gasteiger partial charge >= 0.3 is 0 Å². The molecule has 0 unspecified atom stereocenters. The first-order chi connectivity index (χ1) is 18.0. The topological polar surface area (TPSA) is 99.9 Å². The molecule has 0 bridgehead atoms. The lowest BCUT2D eigenvalue weighted by molar-refractivity contribution is -0.118. The maximum atomic E-state index is 12.5. The Kier molecular flexibility index (Phi) is 8.42. The Bertz CT molecular complexity index is 1360. The zero-order chi connectivity index (χ0) is 26.2. The quantitative estimate of drug-likeness (QED) is 0.188. The molecule has 190 valence electrons. The average molecular weight is 518 g/mol. The van der Waals surface area contributed by atoms with E-state index < -0.39 is 0 Å². The van der Waals surface area contributed by atoms with E-state index in [1.165, 1.54) is 11.8 Å². The van der Waals surface area contributed by atoms with E-state index in [-0.39, 0.29) is 11.7 Å². The van der Waals surface area contributed by atoms with E-state index in [2.05, 4.69) is 20.7 Å². The predicted octanol–water partition coefficient (Wildman–Crippen LogP) is 4.51. The highest BCUT2D eigenvalue weighted by molar-refractivity contribution is 7.99. The molecule has 10 heteroatoms. The summed E-state index contributed by atoms with van der Waals surface area (Å²) >= 11 is 1.26. The van der Waals surface area contributed by atoms with Crippen molar-refractivity contribution in [2.75, 3.05) is 27.1 Å². The second-order valence-electron chi connectivity index (χ2n) is 7.88. The van der Waals surface area contributed by atoms with Gasteiger partial charge in [-0.25, -0.2) is 5.43 Å². The van der Waals surface area contributed by atoms with Crippen LogP contribution in [0, 0.1) is 6.92 Å². The van der Waals surface area contributed by atoms with Crippen molar-refractivity contribution in [3.8, 4) is 34.3 Å². The molecule has 1 N–H and O–H groups in total. The molecule has 9 nitrogen and oxygen atoms in total. The molecule has 1 amide bonds. The third-order valence-electron chi connectivity index (χ3n) is 5.38. The molecule has 0 saturated carbocycles. The highest BCUT2D eigenvalue weighted by Crippen LogP contribution is 2.41. The van der Waals surface area contributed by atoms with E-state index >= 15 is 0 Å². The van der Waals surface area contributed by atoms with E-state index in [1.54, 1.807) is 27.5 Å². The highest BCUT2D eigenvalue weighted by Gasteiger charge is 2.21. The van der Waals surface area contributed by atoms with Crippen LogP contribution >= 0.6 is 11.8 Å². The molecule has 4 rings (SSSR count). The molecule has 0 spiro atoms. The number of amides is 1. The summed E-state index contributed by atoms with van der Waals surface area (Å²) in [6, 6.07) is 21.1. The largest absolute Gasteiger partial charge is 0.493 e. The van der Waals surface area contributed by atoms with Gasteiger partial charge in [0, 0.05) is 11.3 Å². The summed E-state index contributed by atoms with van der Waals surface area (Å²) < 4.78 is 18.4. The molecule has 0 aliphatic heterocycles. The Labute approximate surface area is 219 Å². The zero-order valence-electron chi connectivity index (χ0n) is 21.0. The maximum absolute atomic E-state index is 12.5. The number of carbonyl (C=O) groups is 1. The molecule has 1 aromatic heterocycles. The van der Waals surface area contributed by atoms with Crippen LogP contribution in [0.2, 0.25) is 0 Å². The van der Waals surface area contributed by atoms with Crippen molar-refractivity contribution in [1.82, 2.24) is 20.2 Å². The number of aromatic nitrogens is 3. The Morgan fingerprint density at radius 3 is 2.27 bits per heavy atom. The number of rotatable bonds is 10. The fraction of sp³-hybridized carbons (Fsp3) is 0.185. The minimum atomic E-state index is -0.259. The second kappa shape index (κ2) is 12.1. The van der Waals surface area contributed by atoms with Gasteiger partial charge in [0.05, 0.1) is 33.3 Å². The smallest absolute Gasteiger partial charge is 0.250 e. The van der Waals surface area contributed by atoms with Crippen molar-refractivity contribution in [1.29, 1.82) is 0 Å². The van der Waals surface area contributed by atoms with Crippen molar-refractivity contribution in [2.45, 2.75) is 12.1 Å². The second-order valence-corrected chi connectivity index (χ2v) is 8.83. The molecule has 0 saturated heterocycles. The van der Waals surface area contributed by atoms with Crippen molar-refractivity contribution in [2.24, 2.45) is 5.10 Å². The first-order valence-electron chi connectivity index (χ1n) is 11.4. The van der Waals surface area contributed by atoms with Crippen molar-refractivity contribution in [3.05, 3.63) is 77.9 Å². The van der Waals surface area contributed by atoms with Crippen LogP contribution in [0.3, 0.4) is 0 Å². The fourth-order valence-electron chi connectivity index (χ4n) is 3.56. The zero-order valence-corrected chi connectivity index (χ0v) is 21.8. The first-order valence-corrected chi connectivity index (χ1v) is 12.3. The van der Waals surface area contributed by atoms with Crippen LogP contribution < -0.4 is 19.6 Å². The monoisotopic (exact) mass is 517 g/mol. The van der Waals surface area contributed by atoms with Crippen molar-refractivity contribution < 1.29 is 19.0 Å². The van der Waals surface area contributed by atoms with Crippen LogP contribution in [-0.4, -0.2) is 54.0 Å². The third-order valence-corrected chi connectivity index (χ3v) is 6.31. The van der Waals surface area contributed by atoms with E-state index in [4.69, 9.17) is 14.2 Å². The Morgan fingerprint density at radius 2 is 1.65 bits per heavy atom. The summed E-state index contributed by atoms with van der Waals surface area (Å²) in [4.78, 5) is 12.5. The van der Waals surface area contributed by atoms with Gasteiger partial charge in [0.25, 0.3) is 5.91 Å². The molecule has 3 aromatic carbocycles. The van der Waals surface area contributed by atoms with Gasteiger partial charge in [0.1, 0.15) is 0 Å². The summed E-state index contributed by atoms with van der Waals surface area (Å²) in [6.07, 6.45) is 1.61. The van der Waals surface area contributed by atoms with Gasteiger partial charge in [-0.15, -0.1) is 10.2 Å². The number of hydrogen-bond donors (Lipinski definition) is 1. The van der Waals surface area contributed by atoms with Crippen LogP contribution in [0.25, 0.3) is 17.1 Å². The number of nitrogens with one attached hydrogen (secondary N) is 1. The molecular weight excluding hydrogens is 490 g/mol. The molecular formula is C27H27N5O4S. The fourth-order valence-corrected chi connectivity index (χ4v) is 4.31. The van der Waals surface area contributed by atoms with Crippen LogP contribution in [0.15, 0.2) is 77.0 Å². The third kappa shape index (κ3) is 6.10. The number of thioether (sulfide) groups is 1. The van der Waals surface area contributed by atoms with Crippen LogP contribution in [0.5, 0.6) is 17.2 Å². The number of aryl methyl sites for hydroxylation is 1. The van der Waals surface area contributed by atoms with Crippen LogP contribution in [0.1, 0.15) is 11.1 Å². The summed E-state index contributed by atoms with van der Waals surface area (Å²) in [5.74, 6) is 1.89. The van der Waals surface area contributed by atoms with Crippen molar-refractivity contribution >= 4 is 23.9 Å². The van der Waals surface area contributed by atoms with Crippen molar-refractivity contribution in [3.63, 3.8) is 0 Å². The lowest BCUT2D eigenvalue weighted by Crippen LogP contribution is -2.20. The van der Waals surface area contributed by atoms with E-state index in [9.17, 15) is 4.79 Å². The molecule has 37 heavy (non-hydrogen) atoms. The SMILES string of the molecule is COc1cc(-c2nnc(SCC(=O)NN=Cc3ccc(C)cc3)n2-c2ccccc2)cc(OC)c1OC. The number of ether oxygens (including phenoxy) is 3. The molecule has 0 aliphatic rings. The van der Waals surface area contributed by atoms with E-state index in [0.29, 0.717) is 33.8 Å². The summed E-state index contributed by atoms with van der Waals surface area (Å²) in [5, 5.41) is 13.4. The molecule has 0 radical (unpaired) electrons. The Balaban J connectivity index is 1.59. The minimum absolute atomic E-state index is 0.103. The van der Waals surface area contributed by atoms with Gasteiger partial charge < -0.3 is 14.2 Å². The molecule has 4 aromatic rings. The number of nitrogens with zero attached hydrogens (tertiary/aromatic N) is 4. The van der Waals surface area contributed by atoms with Crippen LogP contribution in [-0.2, 0) is 4.79 Å². The lowest BCUT2D eigenvalue weighted by atomic mass is 10.1. The highest BCUT2D eigenvalue weighted by atomic mass is 32.2. The lowest BCUT2D eigenvalue weighted by Gasteiger charge is -2.15. The van der Waals surface area contributed by atoms with Gasteiger partial charge in [-0.2, -0.15) is 5.10 Å². The minimum Gasteiger partial charge on any atom is -0.493 e. The number of methoxy groups -OCH3 is 3. The number of para-hydroxylation sites is 1. The predicted molar refractivity (Wildman–Crippen MR) is 144 cm³/mol. The molecule has 1 heterocycles. The summed E-state index contributed by atoms with van der Waals surface area (Å²) in [7, 11) is 4.67. The first kappa shape index (κ1) is 25.8. The standard InChI is InChI=1S/C27H27N5O4S/c1-18-10-12-19(13-11-18)16-28-29-24(33)17-37-27-31-30-26(32(27)21-8-6-5-7-9-21)20-14-22(34-2)25(36-4)23(15-20)35-3/h5-16H,17H2,1-4H3,(H,29,33). The number of carbonyl (C=O) groups excluding carboxylic acids is 1. The summed E-state index contributed by atoms with van der Waals surface area (Å²) in [6.45, 7) is 2.02. The van der Waals surface area contributed by atoms with Gasteiger partial charge in [0.15, 0.2) is 22.5 Å². The average Bonchev–Trinajstić information content (AvgIpc) is 3.36. The van der Waals surface area contributed by atoms with Gasteiger partial charge in [-0.05, 0) is 36.8 Å². The number of hydrogen-bond acceptors (Lipinski definition) is 8. The van der Waals surface area contributed by atoms with Crippen LogP contribution in [0.4, 0.5) is 0 Å². The molecule has 0 atom stereocenters. The van der Waals surface area contributed by atoms with E-state index in [0.717, 1.165) is 16.8 Å². The molecule has 0 fully saturated rings. The maximum Gasteiger partial charge on any atom is 0.250 e. The number of hydrazone groups is 1. The molecule has 0 aliphatic carbocycles. The van der Waals surface area contributed by atoms with Gasteiger partial charge in [-0.3, -0.25) is 9.36 Å².